The number of ether oxygens (including phenoxy) is 1. The summed E-state index contributed by atoms with van der Waals surface area (Å²) in [5, 5.41) is 6.51. The molecule has 2 aromatic carbocycles. The van der Waals surface area contributed by atoms with Crippen molar-refractivity contribution in [3.8, 4) is 5.75 Å². The molecule has 1 amide bonds. The van der Waals surface area contributed by atoms with Gasteiger partial charge in [0.05, 0.1) is 12.1 Å². The number of halogens is 1. The number of methoxy groups -OCH3 is 1. The Kier molecular flexibility index (Phi) is 5.93. The summed E-state index contributed by atoms with van der Waals surface area (Å²) in [6.07, 6.45) is 0. The van der Waals surface area contributed by atoms with Gasteiger partial charge in [0.2, 0.25) is 5.91 Å². The molecule has 0 spiro atoms. The van der Waals surface area contributed by atoms with Crippen LogP contribution in [0.2, 0.25) is 5.02 Å². The first-order valence-corrected chi connectivity index (χ1v) is 7.97. The fourth-order valence-corrected chi connectivity index (χ4v) is 2.42. The summed E-state index contributed by atoms with van der Waals surface area (Å²) in [5.74, 6) is 0.472. The van der Waals surface area contributed by atoms with Gasteiger partial charge in [-0.05, 0) is 49.4 Å². The van der Waals surface area contributed by atoms with Crippen molar-refractivity contribution in [2.45, 2.75) is 13.0 Å². The number of rotatable bonds is 6. The van der Waals surface area contributed by atoms with Gasteiger partial charge in [-0.25, -0.2) is 0 Å². The molecule has 2 aromatic rings. The Morgan fingerprint density at radius 3 is 2.29 bits per heavy atom. The molecule has 6 heteroatoms. The second-order valence-electron chi connectivity index (χ2n) is 5.65. The molecule has 0 aromatic heterocycles. The van der Waals surface area contributed by atoms with Crippen LogP contribution in [-0.4, -0.2) is 33.2 Å². The molecule has 0 aliphatic rings. The number of hydrogen-bond acceptors (Lipinski definition) is 4. The van der Waals surface area contributed by atoms with Crippen LogP contribution in [0.1, 0.15) is 6.92 Å². The lowest BCUT2D eigenvalue weighted by atomic mass is 10.2. The SMILES string of the molecule is COc1ccc(N[C@H](C)C(=O)Nc2ccc(N(C)C)cc2)cc1Cl. The standard InChI is InChI=1S/C18H22ClN3O2/c1-12(20-14-7-10-17(24-4)16(19)11-14)18(23)21-13-5-8-15(9-6-13)22(2)3/h5-12,20H,1-4H3,(H,21,23)/t12-/m1/s1. The van der Waals surface area contributed by atoms with E-state index in [0.717, 1.165) is 17.1 Å². The summed E-state index contributed by atoms with van der Waals surface area (Å²) in [6.45, 7) is 1.79. The molecular formula is C18H22ClN3O2. The molecule has 128 valence electrons. The Hall–Kier alpha value is -2.40. The molecule has 1 atom stereocenters. The zero-order valence-electron chi connectivity index (χ0n) is 14.3. The van der Waals surface area contributed by atoms with E-state index in [1.54, 1.807) is 26.2 Å². The van der Waals surface area contributed by atoms with E-state index >= 15 is 0 Å². The lowest BCUT2D eigenvalue weighted by Crippen LogP contribution is -2.31. The van der Waals surface area contributed by atoms with Crippen molar-refractivity contribution in [1.29, 1.82) is 0 Å². The zero-order chi connectivity index (χ0) is 17.7. The number of nitrogens with one attached hydrogen (secondary N) is 2. The predicted molar refractivity (Wildman–Crippen MR) is 100 cm³/mol. The van der Waals surface area contributed by atoms with Gasteiger partial charge in [0.15, 0.2) is 0 Å². The molecular weight excluding hydrogens is 326 g/mol. The third-order valence-electron chi connectivity index (χ3n) is 3.58. The smallest absolute Gasteiger partial charge is 0.246 e. The first kappa shape index (κ1) is 17.9. The van der Waals surface area contributed by atoms with Crippen molar-refractivity contribution < 1.29 is 9.53 Å². The average molecular weight is 348 g/mol. The molecule has 0 heterocycles. The molecule has 0 radical (unpaired) electrons. The van der Waals surface area contributed by atoms with Crippen LogP contribution in [0.15, 0.2) is 42.5 Å². The number of nitrogens with zero attached hydrogens (tertiary/aromatic N) is 1. The van der Waals surface area contributed by atoms with Crippen LogP contribution in [0, 0.1) is 0 Å². The van der Waals surface area contributed by atoms with E-state index in [9.17, 15) is 4.79 Å². The highest BCUT2D eigenvalue weighted by molar-refractivity contribution is 6.32. The Morgan fingerprint density at radius 1 is 1.12 bits per heavy atom. The van der Waals surface area contributed by atoms with Crippen LogP contribution >= 0.6 is 11.6 Å². The number of anilines is 3. The summed E-state index contributed by atoms with van der Waals surface area (Å²) in [4.78, 5) is 14.3. The molecule has 0 fully saturated rings. The van der Waals surface area contributed by atoms with Gasteiger partial charge in [-0.2, -0.15) is 0 Å². The fourth-order valence-electron chi connectivity index (χ4n) is 2.17. The van der Waals surface area contributed by atoms with Crippen molar-refractivity contribution in [1.82, 2.24) is 0 Å². The van der Waals surface area contributed by atoms with E-state index in [1.165, 1.54) is 0 Å². The Bertz CT molecular complexity index is 702. The highest BCUT2D eigenvalue weighted by Gasteiger charge is 2.13. The Labute approximate surface area is 147 Å². The molecule has 5 nitrogen and oxygen atoms in total. The van der Waals surface area contributed by atoms with Crippen molar-refractivity contribution in [2.24, 2.45) is 0 Å². The highest BCUT2D eigenvalue weighted by atomic mass is 35.5. The third-order valence-corrected chi connectivity index (χ3v) is 3.87. The number of carbonyl (C=O) groups excluding carboxylic acids is 1. The first-order valence-electron chi connectivity index (χ1n) is 7.59. The number of benzene rings is 2. The molecule has 0 aliphatic heterocycles. The number of carbonyl (C=O) groups is 1. The Balaban J connectivity index is 1.97. The summed E-state index contributed by atoms with van der Waals surface area (Å²) in [6, 6.07) is 12.6. The number of hydrogen-bond donors (Lipinski definition) is 2. The van der Waals surface area contributed by atoms with Crippen LogP contribution in [0.5, 0.6) is 5.75 Å². The van der Waals surface area contributed by atoms with Gasteiger partial charge >= 0.3 is 0 Å². The van der Waals surface area contributed by atoms with Crippen molar-refractivity contribution in [3.63, 3.8) is 0 Å². The van der Waals surface area contributed by atoms with Gasteiger partial charge in [0, 0.05) is 31.2 Å². The van der Waals surface area contributed by atoms with Crippen LogP contribution in [0.25, 0.3) is 0 Å². The van der Waals surface area contributed by atoms with Crippen LogP contribution in [0.3, 0.4) is 0 Å². The molecule has 0 saturated heterocycles. The minimum atomic E-state index is -0.414. The molecule has 0 bridgehead atoms. The van der Waals surface area contributed by atoms with Crippen molar-refractivity contribution >= 4 is 34.6 Å². The molecule has 0 saturated carbocycles. The maximum Gasteiger partial charge on any atom is 0.246 e. The molecule has 0 aliphatic carbocycles. The molecule has 0 unspecified atom stereocenters. The largest absolute Gasteiger partial charge is 0.495 e. The summed E-state index contributed by atoms with van der Waals surface area (Å²) < 4.78 is 5.12. The number of amides is 1. The van der Waals surface area contributed by atoms with E-state index in [-0.39, 0.29) is 5.91 Å². The normalized spacial score (nSPS) is 11.5. The van der Waals surface area contributed by atoms with Crippen LogP contribution in [0.4, 0.5) is 17.1 Å². The van der Waals surface area contributed by atoms with E-state index in [4.69, 9.17) is 16.3 Å². The van der Waals surface area contributed by atoms with Gasteiger partial charge in [-0.15, -0.1) is 0 Å². The van der Waals surface area contributed by atoms with Crippen molar-refractivity contribution in [3.05, 3.63) is 47.5 Å². The average Bonchev–Trinajstić information content (AvgIpc) is 2.55. The molecule has 2 N–H and O–H groups in total. The predicted octanol–water partition coefficient (Wildman–Crippen LogP) is 3.85. The fraction of sp³-hybridized carbons (Fsp3) is 0.278. The minimum Gasteiger partial charge on any atom is -0.495 e. The van der Waals surface area contributed by atoms with Crippen LogP contribution in [-0.2, 0) is 4.79 Å². The zero-order valence-corrected chi connectivity index (χ0v) is 15.0. The van der Waals surface area contributed by atoms with Gasteiger partial charge in [-0.1, -0.05) is 11.6 Å². The van der Waals surface area contributed by atoms with Gasteiger partial charge in [-0.3, -0.25) is 4.79 Å². The third kappa shape index (κ3) is 4.55. The van der Waals surface area contributed by atoms with Gasteiger partial charge < -0.3 is 20.3 Å². The second-order valence-corrected chi connectivity index (χ2v) is 6.05. The monoisotopic (exact) mass is 347 g/mol. The summed E-state index contributed by atoms with van der Waals surface area (Å²) in [5.41, 5.74) is 2.59. The quantitative estimate of drug-likeness (QED) is 0.833. The maximum atomic E-state index is 12.3. The summed E-state index contributed by atoms with van der Waals surface area (Å²) in [7, 11) is 5.51. The van der Waals surface area contributed by atoms with E-state index < -0.39 is 6.04 Å². The van der Waals surface area contributed by atoms with Gasteiger partial charge in [0.1, 0.15) is 11.8 Å². The molecule has 2 rings (SSSR count). The van der Waals surface area contributed by atoms with Crippen molar-refractivity contribution in [2.75, 3.05) is 36.7 Å². The van der Waals surface area contributed by atoms with E-state index in [0.29, 0.717) is 10.8 Å². The van der Waals surface area contributed by atoms with E-state index in [1.807, 2.05) is 49.3 Å². The minimum absolute atomic E-state index is 0.125. The maximum absolute atomic E-state index is 12.3. The van der Waals surface area contributed by atoms with Gasteiger partial charge in [0.25, 0.3) is 0 Å². The summed E-state index contributed by atoms with van der Waals surface area (Å²) >= 11 is 6.09. The topological polar surface area (TPSA) is 53.6 Å². The highest BCUT2D eigenvalue weighted by Crippen LogP contribution is 2.27. The first-order chi connectivity index (χ1) is 11.4. The van der Waals surface area contributed by atoms with E-state index in [2.05, 4.69) is 10.6 Å². The second kappa shape index (κ2) is 7.93. The Morgan fingerprint density at radius 2 is 1.75 bits per heavy atom. The molecule has 24 heavy (non-hydrogen) atoms. The lowest BCUT2D eigenvalue weighted by Gasteiger charge is -2.17. The lowest BCUT2D eigenvalue weighted by molar-refractivity contribution is -0.116. The van der Waals surface area contributed by atoms with Crippen LogP contribution < -0.4 is 20.3 Å².